The summed E-state index contributed by atoms with van der Waals surface area (Å²) in [7, 11) is 0. The fourth-order valence-electron chi connectivity index (χ4n) is 4.07. The summed E-state index contributed by atoms with van der Waals surface area (Å²) in [4.78, 5) is 30.4. The molecule has 0 bridgehead atoms. The number of hydrogen-bond donors (Lipinski definition) is 2. The molecule has 2 aromatic carbocycles. The third kappa shape index (κ3) is 4.41. The van der Waals surface area contributed by atoms with Crippen LogP contribution in [0.25, 0.3) is 17.1 Å². The van der Waals surface area contributed by atoms with Gasteiger partial charge in [0, 0.05) is 24.4 Å². The van der Waals surface area contributed by atoms with Crippen LogP contribution in [0.2, 0.25) is 0 Å². The van der Waals surface area contributed by atoms with E-state index in [4.69, 9.17) is 15.2 Å². The highest BCUT2D eigenvalue weighted by Crippen LogP contribution is 2.27. The van der Waals surface area contributed by atoms with Crippen molar-refractivity contribution in [3.63, 3.8) is 0 Å². The number of nitrogens with one attached hydrogen (secondary N) is 1. The fraction of sp³-hybridized carbons (Fsp3) is 0.111. The molecule has 0 aliphatic carbocycles. The number of rotatable bonds is 8. The molecule has 9 heteroatoms. The molecule has 180 valence electrons. The van der Waals surface area contributed by atoms with Crippen molar-refractivity contribution >= 4 is 11.8 Å². The summed E-state index contributed by atoms with van der Waals surface area (Å²) in [6, 6.07) is 23.2. The lowest BCUT2D eigenvalue weighted by atomic mass is 9.97. The molecule has 3 N–H and O–H groups in total. The Morgan fingerprint density at radius 3 is 2.33 bits per heavy atom. The summed E-state index contributed by atoms with van der Waals surface area (Å²) in [5, 5.41) is 7.48. The average molecular weight is 482 g/mol. The van der Waals surface area contributed by atoms with Gasteiger partial charge in [-0.15, -0.1) is 0 Å². The van der Waals surface area contributed by atoms with Crippen LogP contribution in [0.1, 0.15) is 15.9 Å². The maximum Gasteiger partial charge on any atom is 0.352 e. The quantitative estimate of drug-likeness (QED) is 0.399. The Morgan fingerprint density at radius 1 is 0.944 bits per heavy atom. The van der Waals surface area contributed by atoms with E-state index in [0.717, 1.165) is 16.8 Å². The van der Waals surface area contributed by atoms with Gasteiger partial charge in [0.2, 0.25) is 0 Å². The predicted molar refractivity (Wildman–Crippen MR) is 131 cm³/mol. The topological polar surface area (TPSA) is 121 Å². The molecule has 0 saturated carbocycles. The van der Waals surface area contributed by atoms with E-state index in [9.17, 15) is 9.59 Å². The number of hydrogen-bond acceptors (Lipinski definition) is 6. The third-order valence-electron chi connectivity index (χ3n) is 5.84. The zero-order valence-corrected chi connectivity index (χ0v) is 19.2. The lowest BCUT2D eigenvalue weighted by Crippen LogP contribution is -2.61. The Bertz CT molecular complexity index is 1390. The van der Waals surface area contributed by atoms with Gasteiger partial charge < -0.3 is 20.5 Å². The van der Waals surface area contributed by atoms with Gasteiger partial charge in [0.15, 0.2) is 5.82 Å². The van der Waals surface area contributed by atoms with Crippen molar-refractivity contribution in [3.8, 4) is 17.1 Å². The summed E-state index contributed by atoms with van der Waals surface area (Å²) in [5.41, 5.74) is 8.46. The smallest absolute Gasteiger partial charge is 0.352 e. The van der Waals surface area contributed by atoms with E-state index in [1.54, 1.807) is 24.5 Å². The zero-order chi connectivity index (χ0) is 25.0. The molecule has 0 saturated heterocycles. The number of aromatic nitrogens is 3. The van der Waals surface area contributed by atoms with Crippen LogP contribution in [-0.2, 0) is 20.7 Å². The number of benzene rings is 2. The zero-order valence-electron chi connectivity index (χ0n) is 19.2. The molecule has 0 unspecified atom stereocenters. The highest BCUT2D eigenvalue weighted by atomic mass is 16.7. The van der Waals surface area contributed by atoms with Crippen molar-refractivity contribution in [2.24, 2.45) is 5.73 Å². The van der Waals surface area contributed by atoms with Crippen molar-refractivity contribution in [3.05, 3.63) is 115 Å². The minimum Gasteiger partial charge on any atom is -0.447 e. The van der Waals surface area contributed by atoms with E-state index >= 15 is 0 Å². The molecule has 5 rings (SSSR count). The average Bonchev–Trinajstić information content (AvgIpc) is 3.61. The SMILES string of the molecule is NC(=O)C1([C@H](Cc2ccccc2)NC(=O)c2cccnc2-n2ccc(-c3ccccc3)n2)OC=CO1. The summed E-state index contributed by atoms with van der Waals surface area (Å²) in [6.07, 6.45) is 6.02. The first kappa shape index (κ1) is 22.9. The van der Waals surface area contributed by atoms with Gasteiger partial charge in [0.1, 0.15) is 18.6 Å². The van der Waals surface area contributed by atoms with E-state index < -0.39 is 23.6 Å². The first-order valence-corrected chi connectivity index (χ1v) is 11.3. The lowest BCUT2D eigenvalue weighted by Gasteiger charge is -2.33. The Hall–Kier alpha value is -4.92. The van der Waals surface area contributed by atoms with Crippen LogP contribution in [0.15, 0.2) is 104 Å². The Balaban J connectivity index is 1.46. The molecular weight excluding hydrogens is 458 g/mol. The largest absolute Gasteiger partial charge is 0.447 e. The van der Waals surface area contributed by atoms with Crippen molar-refractivity contribution in [2.45, 2.75) is 18.2 Å². The molecule has 2 amide bonds. The second-order valence-electron chi connectivity index (χ2n) is 8.14. The highest BCUT2D eigenvalue weighted by Gasteiger charge is 2.51. The molecular formula is C27H23N5O4. The Morgan fingerprint density at radius 2 is 1.64 bits per heavy atom. The molecule has 4 aromatic rings. The van der Waals surface area contributed by atoms with E-state index in [0.29, 0.717) is 5.82 Å². The first-order valence-electron chi connectivity index (χ1n) is 11.3. The van der Waals surface area contributed by atoms with Crippen LogP contribution < -0.4 is 11.1 Å². The molecule has 1 aliphatic heterocycles. The number of primary amides is 1. The first-order chi connectivity index (χ1) is 17.6. The molecule has 0 radical (unpaired) electrons. The van der Waals surface area contributed by atoms with Crippen LogP contribution in [0, 0.1) is 0 Å². The van der Waals surface area contributed by atoms with Gasteiger partial charge in [-0.3, -0.25) is 9.59 Å². The number of amides is 2. The molecule has 1 aliphatic rings. The van der Waals surface area contributed by atoms with Crippen LogP contribution in [0.3, 0.4) is 0 Å². The van der Waals surface area contributed by atoms with Gasteiger partial charge in [-0.2, -0.15) is 5.10 Å². The number of nitrogens with zero attached hydrogens (tertiary/aromatic N) is 3. The monoisotopic (exact) mass is 481 g/mol. The minimum atomic E-state index is -1.89. The van der Waals surface area contributed by atoms with Gasteiger partial charge >= 0.3 is 11.7 Å². The number of pyridine rings is 1. The number of carbonyl (C=O) groups is 2. The maximum absolute atomic E-state index is 13.6. The standard InChI is InChI=1S/C27H23N5O4/c28-26(34)27(35-16-17-36-27)23(18-19-8-3-1-4-9-19)30-25(33)21-12-7-14-29-24(21)32-15-13-22(31-32)20-10-5-2-6-11-20/h1-17,23H,18H2,(H2,28,34)(H,30,33)/t23-/m0/s1. The van der Waals surface area contributed by atoms with Gasteiger partial charge in [0.05, 0.1) is 11.3 Å². The van der Waals surface area contributed by atoms with Crippen molar-refractivity contribution in [2.75, 3.05) is 0 Å². The molecule has 0 fully saturated rings. The van der Waals surface area contributed by atoms with Crippen molar-refractivity contribution in [1.82, 2.24) is 20.1 Å². The van der Waals surface area contributed by atoms with E-state index in [1.165, 1.54) is 17.2 Å². The van der Waals surface area contributed by atoms with Crippen LogP contribution in [-0.4, -0.2) is 38.4 Å². The van der Waals surface area contributed by atoms with E-state index in [-0.39, 0.29) is 12.0 Å². The molecule has 1 atom stereocenters. The molecule has 9 nitrogen and oxygen atoms in total. The minimum absolute atomic E-state index is 0.229. The third-order valence-corrected chi connectivity index (χ3v) is 5.84. The van der Waals surface area contributed by atoms with Crippen LogP contribution in [0.4, 0.5) is 0 Å². The summed E-state index contributed by atoms with van der Waals surface area (Å²) < 4.78 is 12.6. The van der Waals surface area contributed by atoms with Gasteiger partial charge in [0.25, 0.3) is 5.91 Å². The highest BCUT2D eigenvalue weighted by molar-refractivity contribution is 5.98. The Kier molecular flexibility index (Phi) is 6.19. The second-order valence-corrected chi connectivity index (χ2v) is 8.14. The van der Waals surface area contributed by atoms with Crippen LogP contribution >= 0.6 is 0 Å². The van der Waals surface area contributed by atoms with E-state index in [2.05, 4.69) is 15.4 Å². The summed E-state index contributed by atoms with van der Waals surface area (Å²) in [5.74, 6) is -2.91. The summed E-state index contributed by atoms with van der Waals surface area (Å²) in [6.45, 7) is 0. The van der Waals surface area contributed by atoms with Gasteiger partial charge in [-0.05, 0) is 23.8 Å². The van der Waals surface area contributed by atoms with Crippen LogP contribution in [0.5, 0.6) is 0 Å². The second kappa shape index (κ2) is 9.75. The predicted octanol–water partition coefficient (Wildman–Crippen LogP) is 2.98. The van der Waals surface area contributed by atoms with Gasteiger partial charge in [-0.25, -0.2) is 9.67 Å². The normalized spacial score (nSPS) is 14.4. The fourth-order valence-corrected chi connectivity index (χ4v) is 4.07. The molecule has 3 heterocycles. The number of ether oxygens (including phenoxy) is 2. The van der Waals surface area contributed by atoms with E-state index in [1.807, 2.05) is 66.7 Å². The molecule has 0 spiro atoms. The molecule has 2 aromatic heterocycles. The summed E-state index contributed by atoms with van der Waals surface area (Å²) >= 11 is 0. The van der Waals surface area contributed by atoms with Crippen molar-refractivity contribution < 1.29 is 19.1 Å². The van der Waals surface area contributed by atoms with Crippen molar-refractivity contribution in [1.29, 1.82) is 0 Å². The molecule has 36 heavy (non-hydrogen) atoms. The maximum atomic E-state index is 13.6. The Labute approximate surface area is 207 Å². The van der Waals surface area contributed by atoms with Gasteiger partial charge in [-0.1, -0.05) is 60.7 Å². The lowest BCUT2D eigenvalue weighted by molar-refractivity contribution is -0.182. The number of nitrogens with two attached hydrogens (primary N) is 1. The number of carbonyl (C=O) groups excluding carboxylic acids is 2.